The second kappa shape index (κ2) is 5.89. The first-order chi connectivity index (χ1) is 10.9. The van der Waals surface area contributed by atoms with Crippen LogP contribution in [0.25, 0.3) is 0 Å². The number of rotatable bonds is 3. The van der Waals surface area contributed by atoms with Gasteiger partial charge in [-0.05, 0) is 30.7 Å². The van der Waals surface area contributed by atoms with Crippen molar-refractivity contribution < 1.29 is 17.2 Å². The SMILES string of the molecule is Cc1nnc(N2CCN(S(=O)(=O)c3ccc(F)cc3C)CC2)o1. The fourth-order valence-corrected chi connectivity index (χ4v) is 4.20. The molecule has 2 aromatic rings. The molecule has 1 aliphatic rings. The van der Waals surface area contributed by atoms with E-state index in [9.17, 15) is 12.8 Å². The summed E-state index contributed by atoms with van der Waals surface area (Å²) < 4.78 is 45.3. The van der Waals surface area contributed by atoms with E-state index in [1.54, 1.807) is 13.8 Å². The highest BCUT2D eigenvalue weighted by Crippen LogP contribution is 2.23. The topological polar surface area (TPSA) is 79.5 Å². The largest absolute Gasteiger partial charge is 0.408 e. The highest BCUT2D eigenvalue weighted by molar-refractivity contribution is 7.89. The second-order valence-electron chi connectivity index (χ2n) is 5.40. The van der Waals surface area contributed by atoms with Crippen molar-refractivity contribution in [1.82, 2.24) is 14.5 Å². The zero-order chi connectivity index (χ0) is 16.6. The fourth-order valence-electron chi connectivity index (χ4n) is 2.57. The van der Waals surface area contributed by atoms with Crippen molar-refractivity contribution in [1.29, 1.82) is 0 Å². The molecular weight excluding hydrogens is 323 g/mol. The van der Waals surface area contributed by atoms with Gasteiger partial charge >= 0.3 is 6.01 Å². The van der Waals surface area contributed by atoms with Gasteiger partial charge in [0.05, 0.1) is 4.90 Å². The number of aromatic nitrogens is 2. The van der Waals surface area contributed by atoms with Crippen molar-refractivity contribution in [2.24, 2.45) is 0 Å². The third-order valence-corrected chi connectivity index (χ3v) is 5.84. The van der Waals surface area contributed by atoms with Gasteiger partial charge < -0.3 is 9.32 Å². The minimum atomic E-state index is -3.64. The van der Waals surface area contributed by atoms with Gasteiger partial charge in [0, 0.05) is 33.1 Å². The van der Waals surface area contributed by atoms with Crippen LogP contribution in [0.1, 0.15) is 11.5 Å². The molecule has 0 saturated carbocycles. The first-order valence-electron chi connectivity index (χ1n) is 7.19. The van der Waals surface area contributed by atoms with Crippen LogP contribution in [0.5, 0.6) is 0 Å². The summed E-state index contributed by atoms with van der Waals surface area (Å²) in [5, 5.41) is 7.71. The van der Waals surface area contributed by atoms with Crippen molar-refractivity contribution in [3.63, 3.8) is 0 Å². The summed E-state index contributed by atoms with van der Waals surface area (Å²) in [5.74, 6) is 0.0232. The van der Waals surface area contributed by atoms with E-state index in [2.05, 4.69) is 10.2 Å². The van der Waals surface area contributed by atoms with Crippen molar-refractivity contribution in [2.75, 3.05) is 31.1 Å². The van der Waals surface area contributed by atoms with E-state index >= 15 is 0 Å². The number of benzene rings is 1. The first-order valence-corrected chi connectivity index (χ1v) is 8.63. The lowest BCUT2D eigenvalue weighted by Gasteiger charge is -2.33. The lowest BCUT2D eigenvalue weighted by Crippen LogP contribution is -2.48. The van der Waals surface area contributed by atoms with Gasteiger partial charge in [0.2, 0.25) is 15.9 Å². The van der Waals surface area contributed by atoms with Crippen LogP contribution in [0.3, 0.4) is 0 Å². The van der Waals surface area contributed by atoms with Crippen LogP contribution in [0.2, 0.25) is 0 Å². The highest BCUT2D eigenvalue weighted by atomic mass is 32.2. The molecule has 0 radical (unpaired) electrons. The van der Waals surface area contributed by atoms with Crippen LogP contribution < -0.4 is 4.90 Å². The monoisotopic (exact) mass is 340 g/mol. The molecule has 1 aliphatic heterocycles. The van der Waals surface area contributed by atoms with Crippen LogP contribution in [0, 0.1) is 19.7 Å². The molecule has 1 saturated heterocycles. The molecule has 1 aromatic carbocycles. The zero-order valence-electron chi connectivity index (χ0n) is 12.9. The van der Waals surface area contributed by atoms with Crippen LogP contribution in [0.4, 0.5) is 10.4 Å². The Labute approximate surface area is 133 Å². The molecule has 3 rings (SSSR count). The van der Waals surface area contributed by atoms with E-state index < -0.39 is 15.8 Å². The number of nitrogens with zero attached hydrogens (tertiary/aromatic N) is 4. The maximum absolute atomic E-state index is 13.2. The maximum Gasteiger partial charge on any atom is 0.318 e. The van der Waals surface area contributed by atoms with E-state index in [-0.39, 0.29) is 4.90 Å². The molecule has 1 fully saturated rings. The molecule has 1 aromatic heterocycles. The number of piperazine rings is 1. The number of sulfonamides is 1. The van der Waals surface area contributed by atoms with Crippen LogP contribution in [-0.2, 0) is 10.0 Å². The maximum atomic E-state index is 13.2. The van der Waals surface area contributed by atoms with E-state index in [4.69, 9.17) is 4.42 Å². The Balaban J connectivity index is 1.76. The molecule has 0 atom stereocenters. The molecule has 0 N–H and O–H groups in total. The quantitative estimate of drug-likeness (QED) is 0.839. The Kier molecular flexibility index (Phi) is 4.07. The summed E-state index contributed by atoms with van der Waals surface area (Å²) in [6.45, 7) is 4.82. The predicted octanol–water partition coefficient (Wildman–Crippen LogP) is 1.34. The van der Waals surface area contributed by atoms with Crippen molar-refractivity contribution in [2.45, 2.75) is 18.7 Å². The molecule has 9 heteroatoms. The molecule has 0 spiro atoms. The van der Waals surface area contributed by atoms with Crippen LogP contribution in [-0.4, -0.2) is 49.1 Å². The highest BCUT2D eigenvalue weighted by Gasteiger charge is 2.31. The molecule has 0 aliphatic carbocycles. The summed E-state index contributed by atoms with van der Waals surface area (Å²) >= 11 is 0. The van der Waals surface area contributed by atoms with Crippen molar-refractivity contribution in [3.8, 4) is 0 Å². The number of anilines is 1. The molecule has 124 valence electrons. The summed E-state index contributed by atoms with van der Waals surface area (Å²) in [7, 11) is -3.64. The molecule has 23 heavy (non-hydrogen) atoms. The Morgan fingerprint density at radius 3 is 2.39 bits per heavy atom. The van der Waals surface area contributed by atoms with Gasteiger partial charge in [-0.25, -0.2) is 12.8 Å². The van der Waals surface area contributed by atoms with E-state index in [1.807, 2.05) is 4.90 Å². The fraction of sp³-hybridized carbons (Fsp3) is 0.429. The Bertz CT molecular complexity index is 813. The number of aryl methyl sites for hydroxylation is 2. The lowest BCUT2D eigenvalue weighted by atomic mass is 10.2. The average Bonchev–Trinajstić information content (AvgIpc) is 2.93. The predicted molar refractivity (Wildman–Crippen MR) is 81.1 cm³/mol. The first kappa shape index (κ1) is 15.9. The van der Waals surface area contributed by atoms with Crippen molar-refractivity contribution in [3.05, 3.63) is 35.5 Å². The molecular formula is C14H17FN4O3S. The van der Waals surface area contributed by atoms with Gasteiger partial charge in [0.15, 0.2) is 0 Å². The minimum Gasteiger partial charge on any atom is -0.408 e. The summed E-state index contributed by atoms with van der Waals surface area (Å²) in [6.07, 6.45) is 0. The molecule has 0 amide bonds. The normalized spacial score (nSPS) is 16.7. The average molecular weight is 340 g/mol. The van der Waals surface area contributed by atoms with Gasteiger partial charge in [-0.3, -0.25) is 0 Å². The van der Waals surface area contributed by atoms with Gasteiger partial charge in [-0.1, -0.05) is 5.10 Å². The third-order valence-electron chi connectivity index (χ3n) is 3.78. The molecule has 0 unspecified atom stereocenters. The zero-order valence-corrected chi connectivity index (χ0v) is 13.7. The Morgan fingerprint density at radius 1 is 1.13 bits per heavy atom. The molecule has 2 heterocycles. The smallest absolute Gasteiger partial charge is 0.318 e. The number of hydrogen-bond donors (Lipinski definition) is 0. The number of hydrogen-bond acceptors (Lipinski definition) is 6. The van der Waals surface area contributed by atoms with Crippen LogP contribution in [0.15, 0.2) is 27.5 Å². The van der Waals surface area contributed by atoms with Gasteiger partial charge in [0.1, 0.15) is 5.82 Å². The Morgan fingerprint density at radius 2 is 1.83 bits per heavy atom. The van der Waals surface area contributed by atoms with Crippen molar-refractivity contribution >= 4 is 16.0 Å². The summed E-state index contributed by atoms with van der Waals surface area (Å²) in [6, 6.07) is 4.10. The summed E-state index contributed by atoms with van der Waals surface area (Å²) in [4.78, 5) is 1.99. The van der Waals surface area contributed by atoms with Gasteiger partial charge in [-0.2, -0.15) is 4.31 Å². The second-order valence-corrected chi connectivity index (χ2v) is 7.31. The van der Waals surface area contributed by atoms with E-state index in [0.29, 0.717) is 43.6 Å². The molecule has 7 nitrogen and oxygen atoms in total. The summed E-state index contributed by atoms with van der Waals surface area (Å²) in [5.41, 5.74) is 0.403. The van der Waals surface area contributed by atoms with E-state index in [0.717, 1.165) is 6.07 Å². The third kappa shape index (κ3) is 3.06. The van der Waals surface area contributed by atoms with Crippen LogP contribution >= 0.6 is 0 Å². The Hall–Kier alpha value is -2.00. The van der Waals surface area contributed by atoms with Gasteiger partial charge in [-0.15, -0.1) is 5.10 Å². The van der Waals surface area contributed by atoms with E-state index in [1.165, 1.54) is 16.4 Å². The molecule has 0 bridgehead atoms. The minimum absolute atomic E-state index is 0.140. The lowest BCUT2D eigenvalue weighted by molar-refractivity contribution is 0.370. The van der Waals surface area contributed by atoms with Gasteiger partial charge in [0.25, 0.3) is 0 Å². The standard InChI is InChI=1S/C14H17FN4O3S/c1-10-9-12(15)3-4-13(10)23(20,21)19-7-5-18(6-8-19)14-17-16-11(2)22-14/h3-4,9H,5-8H2,1-2H3. The number of halogens is 1.